The maximum atomic E-state index is 12.3. The van der Waals surface area contributed by atoms with Crippen LogP contribution >= 0.6 is 0 Å². The van der Waals surface area contributed by atoms with E-state index in [1.807, 2.05) is 38.1 Å². The zero-order chi connectivity index (χ0) is 16.2. The third-order valence-electron chi connectivity index (χ3n) is 3.60. The van der Waals surface area contributed by atoms with E-state index in [9.17, 15) is 8.42 Å². The quantitative estimate of drug-likeness (QED) is 0.851. The van der Waals surface area contributed by atoms with E-state index in [2.05, 4.69) is 4.72 Å². The number of morpholine rings is 1. The molecule has 1 saturated heterocycles. The van der Waals surface area contributed by atoms with Gasteiger partial charge >= 0.3 is 0 Å². The molecule has 1 aromatic carbocycles. The summed E-state index contributed by atoms with van der Waals surface area (Å²) in [6.07, 6.45) is 0.405. The van der Waals surface area contributed by atoms with E-state index in [1.165, 1.54) is 4.31 Å². The van der Waals surface area contributed by atoms with Crippen LogP contribution in [-0.4, -0.2) is 51.7 Å². The maximum Gasteiger partial charge on any atom is 0.279 e. The van der Waals surface area contributed by atoms with Gasteiger partial charge in [-0.15, -0.1) is 0 Å². The summed E-state index contributed by atoms with van der Waals surface area (Å²) in [6.45, 7) is 4.87. The highest BCUT2D eigenvalue weighted by atomic mass is 32.2. The summed E-state index contributed by atoms with van der Waals surface area (Å²) in [6, 6.07) is 7.61. The average Bonchev–Trinajstić information content (AvgIpc) is 2.46. The van der Waals surface area contributed by atoms with Crippen molar-refractivity contribution < 1.29 is 17.9 Å². The molecule has 0 aromatic heterocycles. The third kappa shape index (κ3) is 4.42. The zero-order valence-electron chi connectivity index (χ0n) is 13.3. The molecule has 6 nitrogen and oxygen atoms in total. The van der Waals surface area contributed by atoms with Crippen molar-refractivity contribution in [3.63, 3.8) is 0 Å². The Bertz CT molecular complexity index is 581. The van der Waals surface area contributed by atoms with E-state index in [-0.39, 0.29) is 12.2 Å². The van der Waals surface area contributed by atoms with Crippen molar-refractivity contribution in [3.8, 4) is 5.75 Å². The van der Waals surface area contributed by atoms with Crippen LogP contribution in [0, 0.1) is 0 Å². The van der Waals surface area contributed by atoms with Crippen molar-refractivity contribution in [3.05, 3.63) is 29.8 Å². The van der Waals surface area contributed by atoms with E-state index >= 15 is 0 Å². The second-order valence-corrected chi connectivity index (χ2v) is 7.29. The summed E-state index contributed by atoms with van der Waals surface area (Å²) in [5, 5.41) is 0. The molecule has 1 heterocycles. The highest BCUT2D eigenvalue weighted by Crippen LogP contribution is 2.18. The highest BCUT2D eigenvalue weighted by Gasteiger charge is 2.30. The first kappa shape index (κ1) is 17.2. The Balaban J connectivity index is 1.92. The van der Waals surface area contributed by atoms with Crippen molar-refractivity contribution in [1.29, 1.82) is 0 Å². The average molecular weight is 328 g/mol. The molecular formula is C15H24N2O4S. The summed E-state index contributed by atoms with van der Waals surface area (Å²) < 4.78 is 39.6. The first-order chi connectivity index (χ1) is 10.4. The van der Waals surface area contributed by atoms with Crippen molar-refractivity contribution >= 4 is 10.2 Å². The van der Waals surface area contributed by atoms with Crippen molar-refractivity contribution in [2.45, 2.75) is 32.5 Å². The Labute approximate surface area is 132 Å². The fraction of sp³-hybridized carbons (Fsp3) is 0.600. The number of benzene rings is 1. The molecule has 22 heavy (non-hydrogen) atoms. The van der Waals surface area contributed by atoms with Gasteiger partial charge in [-0.1, -0.05) is 18.2 Å². The van der Waals surface area contributed by atoms with Gasteiger partial charge in [0, 0.05) is 19.6 Å². The van der Waals surface area contributed by atoms with Crippen molar-refractivity contribution in [2.75, 3.05) is 26.7 Å². The van der Waals surface area contributed by atoms with Crippen LogP contribution in [0.1, 0.15) is 19.4 Å². The van der Waals surface area contributed by atoms with Crippen LogP contribution in [-0.2, 0) is 21.4 Å². The molecule has 2 atom stereocenters. The molecule has 0 radical (unpaired) electrons. The predicted octanol–water partition coefficient (Wildman–Crippen LogP) is 1.18. The summed E-state index contributed by atoms with van der Waals surface area (Å²) in [4.78, 5) is 0. The minimum absolute atomic E-state index is 0.0884. The van der Waals surface area contributed by atoms with Crippen LogP contribution in [0.5, 0.6) is 5.75 Å². The topological polar surface area (TPSA) is 67.9 Å². The molecule has 0 bridgehead atoms. The lowest BCUT2D eigenvalue weighted by atomic mass is 10.1. The van der Waals surface area contributed by atoms with Gasteiger partial charge in [-0.3, -0.25) is 0 Å². The number of ether oxygens (including phenoxy) is 2. The number of methoxy groups -OCH3 is 1. The summed E-state index contributed by atoms with van der Waals surface area (Å²) >= 11 is 0. The van der Waals surface area contributed by atoms with Gasteiger partial charge in [-0.05, 0) is 31.9 Å². The maximum absolute atomic E-state index is 12.3. The number of para-hydroxylation sites is 1. The first-order valence-electron chi connectivity index (χ1n) is 7.44. The molecule has 1 fully saturated rings. The molecule has 2 rings (SSSR count). The fourth-order valence-corrected chi connectivity index (χ4v) is 4.00. The predicted molar refractivity (Wildman–Crippen MR) is 85.2 cm³/mol. The minimum atomic E-state index is -3.48. The normalized spacial score (nSPS) is 23.4. The Kier molecular flexibility index (Phi) is 5.80. The number of hydrogen-bond acceptors (Lipinski definition) is 4. The number of rotatable bonds is 6. The fourth-order valence-electron chi connectivity index (χ4n) is 2.64. The van der Waals surface area contributed by atoms with E-state index in [4.69, 9.17) is 9.47 Å². The van der Waals surface area contributed by atoms with Crippen LogP contribution in [0.4, 0.5) is 0 Å². The molecule has 0 saturated carbocycles. The second kappa shape index (κ2) is 7.41. The summed E-state index contributed by atoms with van der Waals surface area (Å²) in [5.41, 5.74) is 0.983. The van der Waals surface area contributed by atoms with Gasteiger partial charge < -0.3 is 9.47 Å². The second-order valence-electron chi connectivity index (χ2n) is 5.54. The molecule has 1 aromatic rings. The lowest BCUT2D eigenvalue weighted by Gasteiger charge is -2.34. The Morgan fingerprint density at radius 3 is 2.55 bits per heavy atom. The SMILES string of the molecule is COc1ccccc1CCNS(=O)(=O)N1C[C@H](C)O[C@@H](C)C1. The van der Waals surface area contributed by atoms with E-state index in [1.54, 1.807) is 7.11 Å². The number of nitrogens with zero attached hydrogens (tertiary/aromatic N) is 1. The Hall–Kier alpha value is -1.15. The Morgan fingerprint density at radius 2 is 1.91 bits per heavy atom. The molecule has 124 valence electrons. The number of hydrogen-bond donors (Lipinski definition) is 1. The smallest absolute Gasteiger partial charge is 0.279 e. The van der Waals surface area contributed by atoms with E-state index in [0.29, 0.717) is 26.1 Å². The van der Waals surface area contributed by atoms with E-state index < -0.39 is 10.2 Å². The largest absolute Gasteiger partial charge is 0.496 e. The molecule has 7 heteroatoms. The summed E-state index contributed by atoms with van der Waals surface area (Å²) in [7, 11) is -1.87. The molecule has 1 N–H and O–H groups in total. The third-order valence-corrected chi connectivity index (χ3v) is 5.14. The zero-order valence-corrected chi connectivity index (χ0v) is 14.1. The first-order valence-corrected chi connectivity index (χ1v) is 8.88. The molecule has 0 amide bonds. The monoisotopic (exact) mass is 328 g/mol. The van der Waals surface area contributed by atoms with Crippen LogP contribution in [0.3, 0.4) is 0 Å². The van der Waals surface area contributed by atoms with Crippen LogP contribution in [0.15, 0.2) is 24.3 Å². The van der Waals surface area contributed by atoms with Crippen molar-refractivity contribution in [2.24, 2.45) is 0 Å². The van der Waals surface area contributed by atoms with Gasteiger partial charge in [-0.2, -0.15) is 12.7 Å². The molecule has 0 spiro atoms. The van der Waals surface area contributed by atoms with Crippen LogP contribution in [0.2, 0.25) is 0 Å². The van der Waals surface area contributed by atoms with Gasteiger partial charge in [0.1, 0.15) is 5.75 Å². The highest BCUT2D eigenvalue weighted by molar-refractivity contribution is 7.87. The van der Waals surface area contributed by atoms with Crippen LogP contribution < -0.4 is 9.46 Å². The van der Waals surface area contributed by atoms with E-state index in [0.717, 1.165) is 11.3 Å². The van der Waals surface area contributed by atoms with Gasteiger partial charge in [0.15, 0.2) is 0 Å². The molecule has 0 unspecified atom stereocenters. The molecule has 1 aliphatic rings. The molecular weight excluding hydrogens is 304 g/mol. The lowest BCUT2D eigenvalue weighted by Crippen LogP contribution is -2.52. The minimum Gasteiger partial charge on any atom is -0.496 e. The molecule has 1 aliphatic heterocycles. The van der Waals surface area contributed by atoms with Gasteiger partial charge in [0.2, 0.25) is 0 Å². The van der Waals surface area contributed by atoms with Crippen molar-refractivity contribution in [1.82, 2.24) is 9.03 Å². The van der Waals surface area contributed by atoms with Gasteiger partial charge in [0.05, 0.1) is 19.3 Å². The van der Waals surface area contributed by atoms with Gasteiger partial charge in [-0.25, -0.2) is 4.72 Å². The van der Waals surface area contributed by atoms with Gasteiger partial charge in [0.25, 0.3) is 10.2 Å². The number of nitrogens with one attached hydrogen (secondary N) is 1. The lowest BCUT2D eigenvalue weighted by molar-refractivity contribution is -0.0443. The summed E-state index contributed by atoms with van der Waals surface area (Å²) in [5.74, 6) is 0.773. The molecule has 0 aliphatic carbocycles. The Morgan fingerprint density at radius 1 is 1.27 bits per heavy atom. The van der Waals surface area contributed by atoms with Crippen LogP contribution in [0.25, 0.3) is 0 Å². The standard InChI is InChI=1S/C15H24N2O4S/c1-12-10-17(11-13(2)21-12)22(18,19)16-9-8-14-6-4-5-7-15(14)20-3/h4-7,12-13,16H,8-11H2,1-3H3/t12-,13-/m0/s1.